The van der Waals surface area contributed by atoms with E-state index in [1.165, 1.54) is 18.2 Å². The monoisotopic (exact) mass is 271 g/mol. The average molecular weight is 271 g/mol. The van der Waals surface area contributed by atoms with E-state index in [1.807, 2.05) is 13.8 Å². The molecule has 2 nitrogen and oxygen atoms in total. The maximum Gasteiger partial charge on any atom is 0.259 e. The molecule has 0 bridgehead atoms. The van der Waals surface area contributed by atoms with Gasteiger partial charge in [-0.2, -0.15) is 0 Å². The van der Waals surface area contributed by atoms with Crippen molar-refractivity contribution in [1.82, 2.24) is 0 Å². The number of anilines is 1. The number of amides is 1. The Balaban J connectivity index is 2.11. The number of hydrogen-bond donors (Lipinski definition) is 1. The largest absolute Gasteiger partial charge is 0.326 e. The molecule has 0 saturated heterocycles. The van der Waals surface area contributed by atoms with Crippen LogP contribution in [0.2, 0.25) is 0 Å². The minimum atomic E-state index is -2.91. The molecular formula is C14H16F3NO. The summed E-state index contributed by atoms with van der Waals surface area (Å²) in [6.45, 7) is 3.65. The lowest BCUT2D eigenvalue weighted by Gasteiger charge is -2.34. The van der Waals surface area contributed by atoms with Crippen molar-refractivity contribution < 1.29 is 18.0 Å². The summed E-state index contributed by atoms with van der Waals surface area (Å²) in [4.78, 5) is 11.7. The van der Waals surface area contributed by atoms with Gasteiger partial charge in [0.2, 0.25) is 5.91 Å². The molecule has 1 aromatic rings. The molecule has 2 rings (SSSR count). The number of nitrogens with one attached hydrogen (secondary N) is 1. The summed E-state index contributed by atoms with van der Waals surface area (Å²) in [6, 6.07) is 4.12. The van der Waals surface area contributed by atoms with Crippen molar-refractivity contribution in [3.63, 3.8) is 0 Å². The second-order valence-corrected chi connectivity index (χ2v) is 5.23. The quantitative estimate of drug-likeness (QED) is 0.886. The molecule has 0 aliphatic heterocycles. The Labute approximate surface area is 110 Å². The van der Waals surface area contributed by atoms with Crippen LogP contribution in [0, 0.1) is 11.7 Å². The topological polar surface area (TPSA) is 29.1 Å². The maximum absolute atomic E-state index is 13.5. The molecule has 1 aliphatic carbocycles. The van der Waals surface area contributed by atoms with Gasteiger partial charge in [0, 0.05) is 12.1 Å². The van der Waals surface area contributed by atoms with E-state index >= 15 is 0 Å². The first kappa shape index (κ1) is 13.9. The van der Waals surface area contributed by atoms with Crippen LogP contribution in [0.1, 0.15) is 38.2 Å². The van der Waals surface area contributed by atoms with Crippen molar-refractivity contribution in [2.45, 2.75) is 38.5 Å². The van der Waals surface area contributed by atoms with Crippen LogP contribution in [0.5, 0.6) is 0 Å². The number of alkyl halides is 2. The van der Waals surface area contributed by atoms with Gasteiger partial charge in [0.15, 0.2) is 0 Å². The fourth-order valence-electron chi connectivity index (χ4n) is 2.12. The standard InChI is InChI=1S/C14H16F3NO/c1-8(2)10-7-9(3-4-12(10)15)18-13(19)11-5-6-14(11,16)17/h3-4,7-8,11H,5-6H2,1-2H3,(H,18,19). The number of hydrogen-bond acceptors (Lipinski definition) is 1. The normalized spacial score (nSPS) is 21.1. The lowest BCUT2D eigenvalue weighted by atomic mass is 9.80. The third-order valence-corrected chi connectivity index (χ3v) is 3.48. The predicted molar refractivity (Wildman–Crippen MR) is 66.8 cm³/mol. The minimum Gasteiger partial charge on any atom is -0.326 e. The molecule has 1 aromatic carbocycles. The van der Waals surface area contributed by atoms with E-state index in [1.54, 1.807) is 0 Å². The number of carbonyl (C=O) groups is 1. The van der Waals surface area contributed by atoms with E-state index in [-0.39, 0.29) is 24.6 Å². The first-order valence-electron chi connectivity index (χ1n) is 6.29. The number of benzene rings is 1. The van der Waals surface area contributed by atoms with Crippen molar-refractivity contribution in [2.24, 2.45) is 5.92 Å². The summed E-state index contributed by atoms with van der Waals surface area (Å²) in [5.74, 6) is -5.27. The number of halogens is 3. The second-order valence-electron chi connectivity index (χ2n) is 5.23. The van der Waals surface area contributed by atoms with Crippen LogP contribution in [-0.4, -0.2) is 11.8 Å². The van der Waals surface area contributed by atoms with Crippen LogP contribution in [-0.2, 0) is 4.79 Å². The fraction of sp³-hybridized carbons (Fsp3) is 0.500. The van der Waals surface area contributed by atoms with E-state index < -0.39 is 17.7 Å². The minimum absolute atomic E-state index is 0.0398. The number of rotatable bonds is 3. The molecule has 1 amide bonds. The molecule has 5 heteroatoms. The highest BCUT2D eigenvalue weighted by Gasteiger charge is 2.52. The highest BCUT2D eigenvalue weighted by Crippen LogP contribution is 2.43. The molecule has 0 aromatic heterocycles. The van der Waals surface area contributed by atoms with Crippen LogP contribution in [0.3, 0.4) is 0 Å². The highest BCUT2D eigenvalue weighted by molar-refractivity contribution is 5.93. The maximum atomic E-state index is 13.5. The lowest BCUT2D eigenvalue weighted by Crippen LogP contribution is -2.46. The molecule has 1 atom stereocenters. The molecule has 0 spiro atoms. The second kappa shape index (κ2) is 4.87. The first-order chi connectivity index (χ1) is 8.81. The molecule has 0 radical (unpaired) electrons. The lowest BCUT2D eigenvalue weighted by molar-refractivity contribution is -0.157. The smallest absolute Gasteiger partial charge is 0.259 e. The van der Waals surface area contributed by atoms with Crippen LogP contribution < -0.4 is 5.32 Å². The third-order valence-electron chi connectivity index (χ3n) is 3.48. The van der Waals surface area contributed by atoms with Gasteiger partial charge in [0.1, 0.15) is 11.7 Å². The van der Waals surface area contributed by atoms with Gasteiger partial charge in [-0.3, -0.25) is 4.79 Å². The summed E-state index contributed by atoms with van der Waals surface area (Å²) in [6.07, 6.45) is -0.0528. The molecule has 1 aliphatic rings. The Kier molecular flexibility index (Phi) is 3.56. The highest BCUT2D eigenvalue weighted by atomic mass is 19.3. The zero-order valence-electron chi connectivity index (χ0n) is 10.8. The fourth-order valence-corrected chi connectivity index (χ4v) is 2.12. The molecule has 0 heterocycles. The SMILES string of the molecule is CC(C)c1cc(NC(=O)C2CCC2(F)F)ccc1F. The zero-order chi connectivity index (χ0) is 14.2. The van der Waals surface area contributed by atoms with Crippen molar-refractivity contribution in [3.05, 3.63) is 29.6 Å². The molecule has 1 fully saturated rings. The molecular weight excluding hydrogens is 255 g/mol. The van der Waals surface area contributed by atoms with Crippen LogP contribution >= 0.6 is 0 Å². The summed E-state index contributed by atoms with van der Waals surface area (Å²) in [5.41, 5.74) is 0.816. The van der Waals surface area contributed by atoms with Crippen molar-refractivity contribution >= 4 is 11.6 Å². The molecule has 1 unspecified atom stereocenters. The van der Waals surface area contributed by atoms with E-state index in [2.05, 4.69) is 5.32 Å². The van der Waals surface area contributed by atoms with Crippen molar-refractivity contribution in [3.8, 4) is 0 Å². The third kappa shape index (κ3) is 2.74. The predicted octanol–water partition coefficient (Wildman–Crippen LogP) is 3.93. The summed E-state index contributed by atoms with van der Waals surface area (Å²) >= 11 is 0. The van der Waals surface area contributed by atoms with Crippen LogP contribution in [0.25, 0.3) is 0 Å². The van der Waals surface area contributed by atoms with Gasteiger partial charge in [-0.15, -0.1) is 0 Å². The molecule has 1 saturated carbocycles. The van der Waals surface area contributed by atoms with Gasteiger partial charge in [-0.25, -0.2) is 13.2 Å². The van der Waals surface area contributed by atoms with Crippen LogP contribution in [0.4, 0.5) is 18.9 Å². The van der Waals surface area contributed by atoms with Gasteiger partial charge in [-0.1, -0.05) is 13.8 Å². The molecule has 1 N–H and O–H groups in total. The Morgan fingerprint density at radius 3 is 2.58 bits per heavy atom. The number of carbonyl (C=O) groups excluding carboxylic acids is 1. The van der Waals surface area contributed by atoms with E-state index in [0.29, 0.717) is 11.3 Å². The van der Waals surface area contributed by atoms with Gasteiger partial charge in [0.25, 0.3) is 5.92 Å². The molecule has 104 valence electrons. The van der Waals surface area contributed by atoms with Gasteiger partial charge < -0.3 is 5.32 Å². The van der Waals surface area contributed by atoms with Gasteiger partial charge in [-0.05, 0) is 36.1 Å². The molecule has 19 heavy (non-hydrogen) atoms. The van der Waals surface area contributed by atoms with Gasteiger partial charge >= 0.3 is 0 Å². The van der Waals surface area contributed by atoms with E-state index in [4.69, 9.17) is 0 Å². The van der Waals surface area contributed by atoms with Crippen molar-refractivity contribution in [1.29, 1.82) is 0 Å². The van der Waals surface area contributed by atoms with E-state index in [0.717, 1.165) is 0 Å². The first-order valence-corrected chi connectivity index (χ1v) is 6.29. The van der Waals surface area contributed by atoms with Gasteiger partial charge in [0.05, 0.1) is 0 Å². The Hall–Kier alpha value is -1.52. The Morgan fingerprint density at radius 1 is 1.42 bits per heavy atom. The summed E-state index contributed by atoms with van der Waals surface area (Å²) in [7, 11) is 0. The summed E-state index contributed by atoms with van der Waals surface area (Å²) < 4.78 is 39.7. The van der Waals surface area contributed by atoms with Crippen LogP contribution in [0.15, 0.2) is 18.2 Å². The Morgan fingerprint density at radius 2 is 2.11 bits per heavy atom. The zero-order valence-corrected chi connectivity index (χ0v) is 10.8. The van der Waals surface area contributed by atoms with E-state index in [9.17, 15) is 18.0 Å². The van der Waals surface area contributed by atoms with Crippen molar-refractivity contribution in [2.75, 3.05) is 5.32 Å². The Bertz CT molecular complexity index is 499. The average Bonchev–Trinajstić information content (AvgIpc) is 2.30. The summed E-state index contributed by atoms with van der Waals surface area (Å²) in [5, 5.41) is 2.44.